The van der Waals surface area contributed by atoms with Crippen molar-refractivity contribution in [2.24, 2.45) is 0 Å². The maximum absolute atomic E-state index is 13.0. The van der Waals surface area contributed by atoms with E-state index in [-0.39, 0.29) is 17.9 Å². The number of benzene rings is 1. The van der Waals surface area contributed by atoms with Gasteiger partial charge in [-0.05, 0) is 31.0 Å². The van der Waals surface area contributed by atoms with Crippen molar-refractivity contribution in [2.75, 3.05) is 26.3 Å². The molecule has 1 fully saturated rings. The molecule has 1 atom stereocenters. The van der Waals surface area contributed by atoms with Gasteiger partial charge in [0, 0.05) is 25.2 Å². The number of hydrogen-bond acceptors (Lipinski definition) is 5. The number of carbonyl (C=O) groups excluding carboxylic acids is 1. The second-order valence-electron chi connectivity index (χ2n) is 6.05. The van der Waals surface area contributed by atoms with E-state index in [9.17, 15) is 9.18 Å². The Morgan fingerprint density at radius 3 is 3.00 bits per heavy atom. The topological polar surface area (TPSA) is 67.5 Å². The molecule has 25 heavy (non-hydrogen) atoms. The first kappa shape index (κ1) is 17.6. The molecule has 1 aliphatic rings. The number of aromatic amines is 1. The number of nitrogens with zero attached hydrogens (tertiary/aromatic N) is 2. The van der Waals surface area contributed by atoms with Crippen LogP contribution in [0.1, 0.15) is 28.5 Å². The molecule has 0 unspecified atom stereocenters. The molecule has 2 heterocycles. The molecule has 0 aliphatic carbocycles. The summed E-state index contributed by atoms with van der Waals surface area (Å²) in [6, 6.07) is 6.50. The van der Waals surface area contributed by atoms with E-state index in [1.807, 2.05) is 0 Å². The lowest BCUT2D eigenvalue weighted by Crippen LogP contribution is -2.43. The number of halogens is 1. The fourth-order valence-electron chi connectivity index (χ4n) is 2.98. The minimum Gasteiger partial charge on any atom is -0.461 e. The van der Waals surface area contributed by atoms with E-state index >= 15 is 0 Å². The molecule has 1 aliphatic heterocycles. The number of aromatic nitrogens is 2. The molecule has 1 aromatic carbocycles. The molecule has 0 bridgehead atoms. The van der Waals surface area contributed by atoms with Crippen LogP contribution in [0, 0.1) is 5.82 Å². The third-order valence-corrected chi connectivity index (χ3v) is 4.19. The number of H-pyrrole nitrogens is 1. The predicted octanol–water partition coefficient (Wildman–Crippen LogP) is 2.17. The average Bonchev–Trinajstić information content (AvgIpc) is 3.06. The summed E-state index contributed by atoms with van der Waals surface area (Å²) in [4.78, 5) is 14.2. The van der Waals surface area contributed by atoms with Gasteiger partial charge < -0.3 is 9.47 Å². The summed E-state index contributed by atoms with van der Waals surface area (Å²) >= 11 is 0. The molecule has 6 nitrogen and oxygen atoms in total. The van der Waals surface area contributed by atoms with Crippen molar-refractivity contribution in [3.05, 3.63) is 53.1 Å². The van der Waals surface area contributed by atoms with Crippen LogP contribution >= 0.6 is 0 Å². The largest absolute Gasteiger partial charge is 0.461 e. The second kappa shape index (κ2) is 8.22. The van der Waals surface area contributed by atoms with Crippen LogP contribution in [0.2, 0.25) is 0 Å². The predicted molar refractivity (Wildman–Crippen MR) is 89.7 cm³/mol. The van der Waals surface area contributed by atoms with Crippen molar-refractivity contribution < 1.29 is 18.7 Å². The van der Waals surface area contributed by atoms with Crippen LogP contribution in [0.4, 0.5) is 4.39 Å². The monoisotopic (exact) mass is 347 g/mol. The fraction of sp³-hybridized carbons (Fsp3) is 0.444. The molecule has 2 aromatic rings. The molecule has 0 spiro atoms. The van der Waals surface area contributed by atoms with Crippen molar-refractivity contribution >= 4 is 5.97 Å². The Balaban J connectivity index is 1.59. The quantitative estimate of drug-likeness (QED) is 0.811. The van der Waals surface area contributed by atoms with Gasteiger partial charge in [-0.1, -0.05) is 12.1 Å². The summed E-state index contributed by atoms with van der Waals surface area (Å²) in [5.41, 5.74) is 2.27. The number of carbonyl (C=O) groups is 1. The Kier molecular flexibility index (Phi) is 5.78. The molecule has 7 heteroatoms. The molecule has 1 saturated heterocycles. The van der Waals surface area contributed by atoms with Crippen LogP contribution in [-0.2, 0) is 22.4 Å². The number of hydrogen-bond donors (Lipinski definition) is 1. The first-order chi connectivity index (χ1) is 12.2. The van der Waals surface area contributed by atoms with Gasteiger partial charge in [0.25, 0.3) is 0 Å². The Morgan fingerprint density at radius 1 is 1.44 bits per heavy atom. The van der Waals surface area contributed by atoms with Gasteiger partial charge in [0.15, 0.2) is 0 Å². The maximum Gasteiger partial charge on any atom is 0.356 e. The van der Waals surface area contributed by atoms with Crippen LogP contribution in [0.15, 0.2) is 30.5 Å². The normalized spacial score (nSPS) is 18.2. The van der Waals surface area contributed by atoms with Gasteiger partial charge in [0.1, 0.15) is 11.5 Å². The zero-order valence-corrected chi connectivity index (χ0v) is 14.2. The zero-order chi connectivity index (χ0) is 17.6. The van der Waals surface area contributed by atoms with Crippen molar-refractivity contribution in [3.63, 3.8) is 0 Å². The van der Waals surface area contributed by atoms with Crippen LogP contribution in [-0.4, -0.2) is 53.5 Å². The summed E-state index contributed by atoms with van der Waals surface area (Å²) in [7, 11) is 0. The molecule has 0 saturated carbocycles. The molecule has 0 radical (unpaired) electrons. The van der Waals surface area contributed by atoms with E-state index < -0.39 is 0 Å². The zero-order valence-electron chi connectivity index (χ0n) is 14.2. The van der Waals surface area contributed by atoms with E-state index in [0.29, 0.717) is 25.5 Å². The number of esters is 1. The second-order valence-corrected chi connectivity index (χ2v) is 6.05. The summed E-state index contributed by atoms with van der Waals surface area (Å²) in [6.07, 6.45) is 2.43. The molecule has 3 rings (SSSR count). The molecular formula is C18H22FN3O3. The number of morpholine rings is 1. The van der Waals surface area contributed by atoms with Crippen molar-refractivity contribution in [3.8, 4) is 0 Å². The smallest absolute Gasteiger partial charge is 0.356 e. The van der Waals surface area contributed by atoms with Gasteiger partial charge in [-0.15, -0.1) is 0 Å². The van der Waals surface area contributed by atoms with Gasteiger partial charge in [-0.25, -0.2) is 9.18 Å². The van der Waals surface area contributed by atoms with Crippen molar-refractivity contribution in [1.82, 2.24) is 15.1 Å². The Morgan fingerprint density at radius 2 is 2.24 bits per heavy atom. The summed E-state index contributed by atoms with van der Waals surface area (Å²) in [5, 5.41) is 6.68. The SMILES string of the molecule is CCOC(=O)c1[nH]ncc1CN1CCO[C@H](Cc2ccc(F)cc2)C1. The third-order valence-electron chi connectivity index (χ3n) is 4.19. The van der Waals surface area contributed by atoms with Crippen LogP contribution in [0.5, 0.6) is 0 Å². The number of nitrogens with one attached hydrogen (secondary N) is 1. The van der Waals surface area contributed by atoms with E-state index in [2.05, 4.69) is 15.1 Å². The molecule has 1 N–H and O–H groups in total. The Labute approximate surface area is 145 Å². The number of rotatable bonds is 6. The molecule has 0 amide bonds. The lowest BCUT2D eigenvalue weighted by molar-refractivity contribution is -0.0305. The van der Waals surface area contributed by atoms with Gasteiger partial charge >= 0.3 is 5.97 Å². The lowest BCUT2D eigenvalue weighted by atomic mass is 10.1. The van der Waals surface area contributed by atoms with Crippen molar-refractivity contribution in [2.45, 2.75) is 26.0 Å². The van der Waals surface area contributed by atoms with E-state index in [0.717, 1.165) is 30.6 Å². The van der Waals surface area contributed by atoms with E-state index in [1.165, 1.54) is 12.1 Å². The van der Waals surface area contributed by atoms with Gasteiger partial charge in [0.05, 0.1) is 25.5 Å². The van der Waals surface area contributed by atoms with Crippen LogP contribution in [0.25, 0.3) is 0 Å². The average molecular weight is 347 g/mol. The van der Waals surface area contributed by atoms with Gasteiger partial charge in [0.2, 0.25) is 0 Å². The molecular weight excluding hydrogens is 325 g/mol. The molecule has 134 valence electrons. The minimum atomic E-state index is -0.383. The van der Waals surface area contributed by atoms with Gasteiger partial charge in [-0.2, -0.15) is 5.10 Å². The highest BCUT2D eigenvalue weighted by atomic mass is 19.1. The van der Waals surface area contributed by atoms with Crippen molar-refractivity contribution in [1.29, 1.82) is 0 Å². The lowest BCUT2D eigenvalue weighted by Gasteiger charge is -2.33. The first-order valence-corrected chi connectivity index (χ1v) is 8.43. The Bertz CT molecular complexity index is 702. The fourth-order valence-corrected chi connectivity index (χ4v) is 2.98. The standard InChI is InChI=1S/C18H22FN3O3/c1-2-24-18(23)17-14(10-20-21-17)11-22-7-8-25-16(12-22)9-13-3-5-15(19)6-4-13/h3-6,10,16H,2,7-9,11-12H2,1H3,(H,20,21)/t16-/m1/s1. The third kappa shape index (κ3) is 4.64. The summed E-state index contributed by atoms with van der Waals surface area (Å²) in [6.45, 7) is 4.86. The maximum atomic E-state index is 13.0. The highest BCUT2D eigenvalue weighted by molar-refractivity contribution is 5.88. The Hall–Kier alpha value is -2.25. The van der Waals surface area contributed by atoms with Gasteiger partial charge in [-0.3, -0.25) is 10.00 Å². The van der Waals surface area contributed by atoms with E-state index in [4.69, 9.17) is 9.47 Å². The first-order valence-electron chi connectivity index (χ1n) is 8.43. The highest BCUT2D eigenvalue weighted by Crippen LogP contribution is 2.16. The summed E-state index contributed by atoms with van der Waals surface area (Å²) in [5.74, 6) is -0.618. The minimum absolute atomic E-state index is 0.0390. The van der Waals surface area contributed by atoms with Crippen LogP contribution < -0.4 is 0 Å². The summed E-state index contributed by atoms with van der Waals surface area (Å²) < 4.78 is 23.9. The number of ether oxygens (including phenoxy) is 2. The van der Waals surface area contributed by atoms with Crippen LogP contribution in [0.3, 0.4) is 0 Å². The molecule has 1 aromatic heterocycles. The highest BCUT2D eigenvalue weighted by Gasteiger charge is 2.23. The van der Waals surface area contributed by atoms with E-state index in [1.54, 1.807) is 25.3 Å².